The number of anilines is 1. The van der Waals surface area contributed by atoms with E-state index < -0.39 is 44.9 Å². The zero-order valence-electron chi connectivity index (χ0n) is 23.0. The number of amides is 2. The first-order chi connectivity index (χ1) is 18.0. The van der Waals surface area contributed by atoms with Crippen LogP contribution >= 0.6 is 0 Å². The Kier molecular flexibility index (Phi) is 7.36. The van der Waals surface area contributed by atoms with Gasteiger partial charge in [-0.15, -0.1) is 0 Å². The molecule has 0 aromatic heterocycles. The Balaban J connectivity index is 1.52. The Bertz CT molecular complexity index is 1150. The van der Waals surface area contributed by atoms with Gasteiger partial charge in [-0.25, -0.2) is 4.90 Å². The number of hydrogen-bond acceptors (Lipinski definition) is 7. The molecule has 38 heavy (non-hydrogen) atoms. The number of imide groups is 1. The molecular formula is C29H38N2O6Si. The molecule has 3 aliphatic rings. The molecule has 6 atom stereocenters. The molecule has 3 heterocycles. The molecule has 0 unspecified atom stereocenters. The Hall–Kier alpha value is -2.40. The predicted octanol–water partition coefficient (Wildman–Crippen LogP) is 4.51. The van der Waals surface area contributed by atoms with E-state index in [1.165, 1.54) is 4.90 Å². The molecule has 3 saturated heterocycles. The van der Waals surface area contributed by atoms with Gasteiger partial charge >= 0.3 is 0 Å². The van der Waals surface area contributed by atoms with Gasteiger partial charge < -0.3 is 13.9 Å². The molecule has 3 fully saturated rings. The van der Waals surface area contributed by atoms with Gasteiger partial charge in [0.2, 0.25) is 5.91 Å². The van der Waals surface area contributed by atoms with Crippen molar-refractivity contribution in [3.05, 3.63) is 66.2 Å². The van der Waals surface area contributed by atoms with Gasteiger partial charge in [-0.3, -0.25) is 14.4 Å². The molecule has 0 radical (unpaired) electrons. The monoisotopic (exact) mass is 538 g/mol. The van der Waals surface area contributed by atoms with E-state index in [1.54, 1.807) is 17.2 Å². The third kappa shape index (κ3) is 4.99. The van der Waals surface area contributed by atoms with Crippen LogP contribution in [0.25, 0.3) is 0 Å². The molecule has 2 aromatic carbocycles. The largest absolute Gasteiger partial charge is 0.409 e. The minimum Gasteiger partial charge on any atom is -0.409 e. The van der Waals surface area contributed by atoms with Crippen molar-refractivity contribution in [3.63, 3.8) is 0 Å². The quantitative estimate of drug-likeness (QED) is 0.396. The number of para-hydroxylation sites is 1. The third-order valence-corrected chi connectivity index (χ3v) is 12.7. The summed E-state index contributed by atoms with van der Waals surface area (Å²) < 4.78 is 19.1. The highest BCUT2D eigenvalue weighted by Crippen LogP contribution is 2.44. The van der Waals surface area contributed by atoms with E-state index in [9.17, 15) is 9.59 Å². The summed E-state index contributed by atoms with van der Waals surface area (Å²) in [6.45, 7) is 13.6. The summed E-state index contributed by atoms with van der Waals surface area (Å²) in [4.78, 5) is 35.1. The zero-order valence-corrected chi connectivity index (χ0v) is 24.0. The molecule has 2 amide bonds. The molecule has 0 aliphatic carbocycles. The molecule has 0 spiro atoms. The standard InChI is InChI=1S/C29H38N2O6Si/c1-19-34-18-22(37-38(5,6)29(2,3)4)25(35-19)24-23-26(36-30(24)17-20-13-9-7-10-14-20)28(33)31(27(23)32)21-15-11-8-12-16-21/h7-16,19,22-26H,17-18H2,1-6H3/t19-,22-,23-,24+,25-,26+/m1/s1. The third-order valence-electron chi connectivity index (χ3n) is 8.24. The number of nitrogens with zero attached hydrogens (tertiary/aromatic N) is 2. The summed E-state index contributed by atoms with van der Waals surface area (Å²) in [5.41, 5.74) is 1.56. The molecule has 0 saturated carbocycles. The summed E-state index contributed by atoms with van der Waals surface area (Å²) in [7, 11) is -2.22. The first kappa shape index (κ1) is 27.2. The number of rotatable bonds is 6. The van der Waals surface area contributed by atoms with Crippen molar-refractivity contribution in [2.45, 2.75) is 83.0 Å². The second-order valence-electron chi connectivity index (χ2n) is 11.9. The number of benzene rings is 2. The maximum Gasteiger partial charge on any atom is 0.265 e. The highest BCUT2D eigenvalue weighted by atomic mass is 28.4. The summed E-state index contributed by atoms with van der Waals surface area (Å²) in [6, 6.07) is 18.4. The van der Waals surface area contributed by atoms with Gasteiger partial charge in [-0.1, -0.05) is 69.3 Å². The van der Waals surface area contributed by atoms with E-state index in [0.717, 1.165) is 5.56 Å². The van der Waals surface area contributed by atoms with Crippen LogP contribution < -0.4 is 4.90 Å². The van der Waals surface area contributed by atoms with E-state index in [-0.39, 0.29) is 16.9 Å². The Morgan fingerprint density at radius 2 is 1.61 bits per heavy atom. The van der Waals surface area contributed by atoms with Crippen LogP contribution in [0.2, 0.25) is 18.1 Å². The van der Waals surface area contributed by atoms with E-state index in [2.05, 4.69) is 33.9 Å². The van der Waals surface area contributed by atoms with E-state index >= 15 is 0 Å². The lowest BCUT2D eigenvalue weighted by atomic mass is 9.89. The number of carbonyl (C=O) groups is 2. The lowest BCUT2D eigenvalue weighted by Gasteiger charge is -2.46. The van der Waals surface area contributed by atoms with E-state index in [4.69, 9.17) is 18.7 Å². The number of hydroxylamine groups is 2. The first-order valence-electron chi connectivity index (χ1n) is 13.3. The fourth-order valence-electron chi connectivity index (χ4n) is 5.24. The minimum atomic E-state index is -2.22. The smallest absolute Gasteiger partial charge is 0.265 e. The van der Waals surface area contributed by atoms with Gasteiger partial charge in [0, 0.05) is 6.54 Å². The molecule has 0 N–H and O–H groups in total. The molecule has 8 nitrogen and oxygen atoms in total. The summed E-state index contributed by atoms with van der Waals surface area (Å²) in [6.07, 6.45) is -2.34. The van der Waals surface area contributed by atoms with Crippen LogP contribution in [-0.4, -0.2) is 62.4 Å². The second kappa shape index (κ2) is 10.3. The van der Waals surface area contributed by atoms with Crippen molar-refractivity contribution >= 4 is 25.8 Å². The van der Waals surface area contributed by atoms with Crippen LogP contribution in [0.5, 0.6) is 0 Å². The Morgan fingerprint density at radius 3 is 2.24 bits per heavy atom. The summed E-state index contributed by atoms with van der Waals surface area (Å²) >= 11 is 0. The van der Waals surface area contributed by atoms with Crippen LogP contribution in [0.1, 0.15) is 33.3 Å². The SMILES string of the molecule is C[C@@H]1OC[C@@H](O[Si](C)(C)C(C)(C)C)[C@H]([C@@H]2[C@H]3C(=O)N(c4ccccc4)C(=O)[C@H]3ON2Cc2ccccc2)O1. The fourth-order valence-corrected chi connectivity index (χ4v) is 6.55. The van der Waals surface area contributed by atoms with Crippen LogP contribution in [0.4, 0.5) is 5.69 Å². The number of carbonyl (C=O) groups excluding carboxylic acids is 2. The molecular weight excluding hydrogens is 500 g/mol. The number of hydrogen-bond donors (Lipinski definition) is 0. The minimum absolute atomic E-state index is 0.0255. The molecule has 9 heteroatoms. The lowest BCUT2D eigenvalue weighted by Crippen LogP contribution is -2.60. The van der Waals surface area contributed by atoms with Crippen LogP contribution in [-0.2, 0) is 34.9 Å². The first-order valence-corrected chi connectivity index (χ1v) is 16.2. The fraction of sp³-hybridized carbons (Fsp3) is 0.517. The molecule has 3 aliphatic heterocycles. The van der Waals surface area contributed by atoms with Crippen molar-refractivity contribution < 1.29 is 28.3 Å². The molecule has 0 bridgehead atoms. The van der Waals surface area contributed by atoms with Gasteiger partial charge in [0.05, 0.1) is 30.4 Å². The average molecular weight is 539 g/mol. The highest BCUT2D eigenvalue weighted by molar-refractivity contribution is 6.74. The van der Waals surface area contributed by atoms with Crippen molar-refractivity contribution in [1.29, 1.82) is 0 Å². The highest BCUT2D eigenvalue weighted by Gasteiger charge is 2.63. The summed E-state index contributed by atoms with van der Waals surface area (Å²) in [5.74, 6) is -1.36. The predicted molar refractivity (Wildman–Crippen MR) is 145 cm³/mol. The van der Waals surface area contributed by atoms with Crippen molar-refractivity contribution in [3.8, 4) is 0 Å². The van der Waals surface area contributed by atoms with Crippen LogP contribution in [0.15, 0.2) is 60.7 Å². The second-order valence-corrected chi connectivity index (χ2v) is 16.6. The van der Waals surface area contributed by atoms with Crippen LogP contribution in [0, 0.1) is 5.92 Å². The maximum atomic E-state index is 14.0. The van der Waals surface area contributed by atoms with E-state index in [0.29, 0.717) is 18.8 Å². The van der Waals surface area contributed by atoms with E-state index in [1.807, 2.05) is 55.5 Å². The van der Waals surface area contributed by atoms with Gasteiger partial charge in [-0.2, -0.15) is 5.06 Å². The van der Waals surface area contributed by atoms with Crippen LogP contribution in [0.3, 0.4) is 0 Å². The Morgan fingerprint density at radius 1 is 0.974 bits per heavy atom. The molecule has 2 aromatic rings. The van der Waals surface area contributed by atoms with Gasteiger partial charge in [-0.05, 0) is 42.8 Å². The van der Waals surface area contributed by atoms with Crippen molar-refractivity contribution in [1.82, 2.24) is 5.06 Å². The van der Waals surface area contributed by atoms with Gasteiger partial charge in [0.25, 0.3) is 5.91 Å². The average Bonchev–Trinajstić information content (AvgIpc) is 3.35. The van der Waals surface area contributed by atoms with Gasteiger partial charge in [0.1, 0.15) is 6.10 Å². The normalized spacial score (nSPS) is 30.6. The summed E-state index contributed by atoms with van der Waals surface area (Å²) in [5, 5.41) is 1.75. The van der Waals surface area contributed by atoms with Gasteiger partial charge in [0.15, 0.2) is 20.7 Å². The number of fused-ring (bicyclic) bond motifs is 1. The molecule has 5 rings (SSSR count). The molecule has 204 valence electrons. The number of ether oxygens (including phenoxy) is 2. The Labute approximate surface area is 225 Å². The van der Waals surface area contributed by atoms with Crippen molar-refractivity contribution in [2.24, 2.45) is 5.92 Å². The maximum absolute atomic E-state index is 14.0. The topological polar surface area (TPSA) is 77.5 Å². The van der Waals surface area contributed by atoms with Crippen molar-refractivity contribution in [2.75, 3.05) is 11.5 Å². The lowest BCUT2D eigenvalue weighted by molar-refractivity contribution is -0.272. The zero-order chi connectivity index (χ0) is 27.2.